The van der Waals surface area contributed by atoms with Crippen molar-refractivity contribution >= 4 is 0 Å². The number of rotatable bonds is 4. The second-order valence-electron chi connectivity index (χ2n) is 3.36. The molecule has 0 bridgehead atoms. The second kappa shape index (κ2) is 4.55. The van der Waals surface area contributed by atoms with Crippen molar-refractivity contribution in [1.82, 2.24) is 5.32 Å². The van der Waals surface area contributed by atoms with Gasteiger partial charge in [0.25, 0.3) is 0 Å². The Morgan fingerprint density at radius 1 is 1.55 bits per heavy atom. The van der Waals surface area contributed by atoms with E-state index in [-0.39, 0.29) is 0 Å². The van der Waals surface area contributed by atoms with Crippen LogP contribution in [0.3, 0.4) is 0 Å². The summed E-state index contributed by atoms with van der Waals surface area (Å²) in [6.07, 6.45) is 7.69. The molecule has 11 heavy (non-hydrogen) atoms. The lowest BCUT2D eigenvalue weighted by Gasteiger charge is -2.19. The summed E-state index contributed by atoms with van der Waals surface area (Å²) in [5, 5.41) is 3.46. The number of nitrogens with one attached hydrogen (secondary N) is 1. The maximum atomic E-state index is 3.86. The van der Waals surface area contributed by atoms with Gasteiger partial charge in [-0.25, -0.2) is 0 Å². The number of hydrogen-bond donors (Lipinski definition) is 1. The van der Waals surface area contributed by atoms with Crippen molar-refractivity contribution in [1.29, 1.82) is 0 Å². The molecule has 1 aliphatic carbocycles. The molecule has 1 fully saturated rings. The lowest BCUT2D eigenvalue weighted by Crippen LogP contribution is -2.32. The smallest absolute Gasteiger partial charge is 0.0275 e. The molecule has 0 aromatic carbocycles. The first-order valence-corrected chi connectivity index (χ1v) is 4.74. The SMILES string of the molecule is C=CC(NCC)C1CCCC1. The van der Waals surface area contributed by atoms with Gasteiger partial charge in [-0.3, -0.25) is 0 Å². The van der Waals surface area contributed by atoms with E-state index in [9.17, 15) is 0 Å². The van der Waals surface area contributed by atoms with E-state index in [4.69, 9.17) is 0 Å². The maximum absolute atomic E-state index is 3.86. The Kier molecular flexibility index (Phi) is 3.64. The molecule has 0 aromatic rings. The summed E-state index contributed by atoms with van der Waals surface area (Å²) in [6, 6.07) is 0.572. The van der Waals surface area contributed by atoms with Crippen LogP contribution in [0.15, 0.2) is 12.7 Å². The van der Waals surface area contributed by atoms with E-state index in [0.717, 1.165) is 12.5 Å². The Balaban J connectivity index is 2.33. The van der Waals surface area contributed by atoms with Crippen LogP contribution in [0.5, 0.6) is 0 Å². The average molecular weight is 153 g/mol. The molecular weight excluding hydrogens is 134 g/mol. The summed E-state index contributed by atoms with van der Waals surface area (Å²) in [7, 11) is 0. The van der Waals surface area contributed by atoms with Crippen molar-refractivity contribution in [3.05, 3.63) is 12.7 Å². The Morgan fingerprint density at radius 2 is 2.18 bits per heavy atom. The highest BCUT2D eigenvalue weighted by Crippen LogP contribution is 2.27. The molecule has 0 amide bonds. The quantitative estimate of drug-likeness (QED) is 0.611. The second-order valence-corrected chi connectivity index (χ2v) is 3.36. The van der Waals surface area contributed by atoms with E-state index in [0.29, 0.717) is 6.04 Å². The minimum absolute atomic E-state index is 0.572. The molecule has 1 unspecified atom stereocenters. The molecule has 0 saturated heterocycles. The fraction of sp³-hybridized carbons (Fsp3) is 0.800. The van der Waals surface area contributed by atoms with Gasteiger partial charge in [0.15, 0.2) is 0 Å². The van der Waals surface area contributed by atoms with Gasteiger partial charge in [0, 0.05) is 6.04 Å². The van der Waals surface area contributed by atoms with Crippen LogP contribution in [0.1, 0.15) is 32.6 Å². The average Bonchev–Trinajstić information content (AvgIpc) is 2.52. The third kappa shape index (κ3) is 2.33. The van der Waals surface area contributed by atoms with Crippen molar-refractivity contribution in [2.45, 2.75) is 38.6 Å². The molecule has 1 atom stereocenters. The van der Waals surface area contributed by atoms with Crippen LogP contribution in [0.2, 0.25) is 0 Å². The third-order valence-electron chi connectivity index (χ3n) is 2.60. The fourth-order valence-electron chi connectivity index (χ4n) is 1.99. The van der Waals surface area contributed by atoms with Gasteiger partial charge in [0.1, 0.15) is 0 Å². The van der Waals surface area contributed by atoms with E-state index in [1.54, 1.807) is 0 Å². The summed E-state index contributed by atoms with van der Waals surface area (Å²) in [5.74, 6) is 0.868. The molecule has 0 aromatic heterocycles. The van der Waals surface area contributed by atoms with Gasteiger partial charge >= 0.3 is 0 Å². The van der Waals surface area contributed by atoms with Gasteiger partial charge in [-0.15, -0.1) is 6.58 Å². The van der Waals surface area contributed by atoms with Crippen LogP contribution in [-0.4, -0.2) is 12.6 Å². The fourth-order valence-corrected chi connectivity index (χ4v) is 1.99. The molecule has 64 valence electrons. The summed E-state index contributed by atoms with van der Waals surface area (Å²) in [6.45, 7) is 7.08. The van der Waals surface area contributed by atoms with Crippen LogP contribution in [0.4, 0.5) is 0 Å². The van der Waals surface area contributed by atoms with Crippen LogP contribution >= 0.6 is 0 Å². The van der Waals surface area contributed by atoms with E-state index in [2.05, 4.69) is 24.9 Å². The zero-order chi connectivity index (χ0) is 8.10. The maximum Gasteiger partial charge on any atom is 0.0275 e. The molecule has 1 nitrogen and oxygen atoms in total. The predicted molar refractivity (Wildman–Crippen MR) is 49.6 cm³/mol. The van der Waals surface area contributed by atoms with Crippen LogP contribution in [0.25, 0.3) is 0 Å². The highest BCUT2D eigenvalue weighted by atomic mass is 14.9. The van der Waals surface area contributed by atoms with Gasteiger partial charge in [-0.2, -0.15) is 0 Å². The zero-order valence-electron chi connectivity index (χ0n) is 7.47. The van der Waals surface area contributed by atoms with E-state index in [1.807, 2.05) is 0 Å². The van der Waals surface area contributed by atoms with Crippen LogP contribution in [0, 0.1) is 5.92 Å². The van der Waals surface area contributed by atoms with Gasteiger partial charge < -0.3 is 5.32 Å². The largest absolute Gasteiger partial charge is 0.311 e. The Labute approximate surface area is 69.9 Å². The molecule has 0 heterocycles. The summed E-state index contributed by atoms with van der Waals surface area (Å²) in [4.78, 5) is 0. The predicted octanol–water partition coefficient (Wildman–Crippen LogP) is 2.34. The minimum atomic E-state index is 0.572. The monoisotopic (exact) mass is 153 g/mol. The molecule has 0 spiro atoms. The standard InChI is InChI=1S/C10H19N/c1-3-10(11-4-2)9-7-5-6-8-9/h3,9-11H,1,4-8H2,2H3. The zero-order valence-corrected chi connectivity index (χ0v) is 7.47. The Morgan fingerprint density at radius 3 is 2.64 bits per heavy atom. The molecule has 0 radical (unpaired) electrons. The van der Waals surface area contributed by atoms with Crippen molar-refractivity contribution < 1.29 is 0 Å². The first-order valence-electron chi connectivity index (χ1n) is 4.74. The molecule has 1 rings (SSSR count). The lowest BCUT2D eigenvalue weighted by molar-refractivity contribution is 0.422. The van der Waals surface area contributed by atoms with Gasteiger partial charge in [-0.1, -0.05) is 25.8 Å². The highest BCUT2D eigenvalue weighted by molar-refractivity contribution is 4.92. The van der Waals surface area contributed by atoms with Crippen molar-refractivity contribution in [2.24, 2.45) is 5.92 Å². The minimum Gasteiger partial charge on any atom is -0.311 e. The molecule has 0 aliphatic heterocycles. The molecule has 1 N–H and O–H groups in total. The lowest BCUT2D eigenvalue weighted by atomic mass is 9.98. The van der Waals surface area contributed by atoms with Crippen LogP contribution < -0.4 is 5.32 Å². The van der Waals surface area contributed by atoms with E-state index >= 15 is 0 Å². The number of likely N-dealkylation sites (N-methyl/N-ethyl adjacent to an activating group) is 1. The first-order chi connectivity index (χ1) is 5.38. The molecular formula is C10H19N. The third-order valence-corrected chi connectivity index (χ3v) is 2.60. The molecule has 1 saturated carbocycles. The topological polar surface area (TPSA) is 12.0 Å². The highest BCUT2D eigenvalue weighted by Gasteiger charge is 2.21. The summed E-state index contributed by atoms with van der Waals surface area (Å²) >= 11 is 0. The molecule has 1 heteroatoms. The Bertz CT molecular complexity index is 114. The van der Waals surface area contributed by atoms with Gasteiger partial charge in [0.2, 0.25) is 0 Å². The van der Waals surface area contributed by atoms with Crippen molar-refractivity contribution in [2.75, 3.05) is 6.54 Å². The summed E-state index contributed by atoms with van der Waals surface area (Å²) < 4.78 is 0. The van der Waals surface area contributed by atoms with Crippen LogP contribution in [-0.2, 0) is 0 Å². The van der Waals surface area contributed by atoms with Crippen molar-refractivity contribution in [3.8, 4) is 0 Å². The van der Waals surface area contributed by atoms with E-state index < -0.39 is 0 Å². The first kappa shape index (κ1) is 8.79. The normalized spacial score (nSPS) is 21.9. The number of hydrogen-bond acceptors (Lipinski definition) is 1. The van der Waals surface area contributed by atoms with E-state index in [1.165, 1.54) is 25.7 Å². The van der Waals surface area contributed by atoms with Gasteiger partial charge in [-0.05, 0) is 25.3 Å². The van der Waals surface area contributed by atoms with Gasteiger partial charge in [0.05, 0.1) is 0 Å². The Hall–Kier alpha value is -0.300. The summed E-state index contributed by atoms with van der Waals surface area (Å²) in [5.41, 5.74) is 0. The van der Waals surface area contributed by atoms with Crippen molar-refractivity contribution in [3.63, 3.8) is 0 Å². The molecule has 1 aliphatic rings.